The van der Waals surface area contributed by atoms with Gasteiger partial charge in [-0.2, -0.15) is 0 Å². The van der Waals surface area contributed by atoms with Crippen molar-refractivity contribution in [3.05, 3.63) is 29.3 Å². The van der Waals surface area contributed by atoms with Crippen LogP contribution in [0.4, 0.5) is 0 Å². The first kappa shape index (κ1) is 16.0. The molecule has 1 aromatic rings. The molecule has 0 radical (unpaired) electrons. The lowest BCUT2D eigenvalue weighted by Gasteiger charge is -2.24. The molecule has 0 atom stereocenters. The molecule has 0 saturated carbocycles. The Bertz CT molecular complexity index is 497. The van der Waals surface area contributed by atoms with Gasteiger partial charge in [-0.1, -0.05) is 6.07 Å². The zero-order valence-corrected chi connectivity index (χ0v) is 12.3. The molecule has 5 nitrogen and oxygen atoms in total. The quantitative estimate of drug-likeness (QED) is 0.865. The van der Waals surface area contributed by atoms with E-state index in [1.807, 2.05) is 26.0 Å². The molecule has 1 rings (SSSR count). The van der Waals surface area contributed by atoms with Crippen LogP contribution in [-0.2, 0) is 9.59 Å². The first-order valence-electron chi connectivity index (χ1n) is 6.52. The first-order chi connectivity index (χ1) is 9.31. The van der Waals surface area contributed by atoms with E-state index in [0.717, 1.165) is 11.1 Å². The summed E-state index contributed by atoms with van der Waals surface area (Å²) < 4.78 is 5.43. The number of aliphatic carboxylic acids is 1. The predicted molar refractivity (Wildman–Crippen MR) is 75.9 cm³/mol. The number of carboxylic acids is 1. The molecule has 0 spiro atoms. The van der Waals surface area contributed by atoms with Gasteiger partial charge in [0, 0.05) is 6.04 Å². The third kappa shape index (κ3) is 4.57. The van der Waals surface area contributed by atoms with Gasteiger partial charge in [0.25, 0.3) is 5.91 Å². The molecular formula is C15H21NO4. The van der Waals surface area contributed by atoms with Crippen molar-refractivity contribution in [3.8, 4) is 5.75 Å². The van der Waals surface area contributed by atoms with Crippen LogP contribution in [0.5, 0.6) is 5.75 Å². The topological polar surface area (TPSA) is 66.8 Å². The van der Waals surface area contributed by atoms with E-state index >= 15 is 0 Å². The van der Waals surface area contributed by atoms with Crippen LogP contribution in [0.25, 0.3) is 0 Å². The lowest BCUT2D eigenvalue weighted by molar-refractivity contribution is -0.146. The van der Waals surface area contributed by atoms with E-state index in [9.17, 15) is 9.59 Å². The van der Waals surface area contributed by atoms with Crippen molar-refractivity contribution < 1.29 is 19.4 Å². The van der Waals surface area contributed by atoms with Gasteiger partial charge in [0.1, 0.15) is 12.3 Å². The van der Waals surface area contributed by atoms with Gasteiger partial charge in [-0.15, -0.1) is 0 Å². The number of benzene rings is 1. The van der Waals surface area contributed by atoms with E-state index in [4.69, 9.17) is 9.84 Å². The van der Waals surface area contributed by atoms with Crippen molar-refractivity contribution >= 4 is 11.9 Å². The molecule has 0 aliphatic heterocycles. The van der Waals surface area contributed by atoms with Crippen molar-refractivity contribution in [2.75, 3.05) is 13.2 Å². The van der Waals surface area contributed by atoms with Crippen LogP contribution in [0.2, 0.25) is 0 Å². The second kappa shape index (κ2) is 6.93. The number of nitrogens with zero attached hydrogens (tertiary/aromatic N) is 1. The van der Waals surface area contributed by atoms with Gasteiger partial charge < -0.3 is 14.7 Å². The lowest BCUT2D eigenvalue weighted by atomic mass is 10.1. The Kier molecular flexibility index (Phi) is 5.55. The molecule has 0 saturated heterocycles. The Balaban J connectivity index is 2.64. The van der Waals surface area contributed by atoms with Crippen molar-refractivity contribution in [2.24, 2.45) is 0 Å². The Morgan fingerprint density at radius 2 is 1.90 bits per heavy atom. The van der Waals surface area contributed by atoms with Crippen LogP contribution in [0.15, 0.2) is 18.2 Å². The molecule has 1 amide bonds. The van der Waals surface area contributed by atoms with Crippen LogP contribution in [0, 0.1) is 13.8 Å². The number of rotatable bonds is 6. The van der Waals surface area contributed by atoms with Gasteiger partial charge in [0.05, 0.1) is 0 Å². The van der Waals surface area contributed by atoms with E-state index in [2.05, 4.69) is 0 Å². The number of carbonyl (C=O) groups is 2. The molecule has 0 aliphatic carbocycles. The molecule has 0 aliphatic rings. The second-order valence-electron chi connectivity index (χ2n) is 5.04. The molecule has 0 fully saturated rings. The third-order valence-corrected chi connectivity index (χ3v) is 3.09. The number of aryl methyl sites for hydroxylation is 2. The summed E-state index contributed by atoms with van der Waals surface area (Å²) in [6.07, 6.45) is 0. The normalized spacial score (nSPS) is 10.4. The van der Waals surface area contributed by atoms with Crippen LogP contribution < -0.4 is 4.74 Å². The molecule has 0 aromatic heterocycles. The summed E-state index contributed by atoms with van der Waals surface area (Å²) in [4.78, 5) is 24.0. The van der Waals surface area contributed by atoms with E-state index < -0.39 is 5.97 Å². The predicted octanol–water partition coefficient (Wildman–Crippen LogP) is 2.00. The zero-order chi connectivity index (χ0) is 15.3. The maximum atomic E-state index is 12.0. The van der Waals surface area contributed by atoms with Crippen LogP contribution in [0.3, 0.4) is 0 Å². The Morgan fingerprint density at radius 1 is 1.25 bits per heavy atom. The third-order valence-electron chi connectivity index (χ3n) is 3.09. The van der Waals surface area contributed by atoms with E-state index in [-0.39, 0.29) is 25.1 Å². The van der Waals surface area contributed by atoms with Gasteiger partial charge in [-0.25, -0.2) is 0 Å². The van der Waals surface area contributed by atoms with Crippen LogP contribution in [0.1, 0.15) is 25.0 Å². The van der Waals surface area contributed by atoms with Gasteiger partial charge in [0.15, 0.2) is 6.61 Å². The SMILES string of the molecule is Cc1ccc(OCC(=O)N(CC(=O)O)C(C)C)cc1C. The minimum atomic E-state index is -1.03. The van der Waals surface area contributed by atoms with E-state index in [0.29, 0.717) is 5.75 Å². The average molecular weight is 279 g/mol. The van der Waals surface area contributed by atoms with Gasteiger partial charge in [-0.05, 0) is 51.0 Å². The fourth-order valence-corrected chi connectivity index (χ4v) is 1.74. The summed E-state index contributed by atoms with van der Waals surface area (Å²) in [7, 11) is 0. The highest BCUT2D eigenvalue weighted by Gasteiger charge is 2.20. The molecule has 0 unspecified atom stereocenters. The fourth-order valence-electron chi connectivity index (χ4n) is 1.74. The maximum absolute atomic E-state index is 12.0. The van der Waals surface area contributed by atoms with Crippen molar-refractivity contribution in [1.29, 1.82) is 0 Å². The Morgan fingerprint density at radius 3 is 2.40 bits per heavy atom. The van der Waals surface area contributed by atoms with Gasteiger partial charge in [0.2, 0.25) is 0 Å². The standard InChI is InChI=1S/C15H21NO4/c1-10(2)16(8-15(18)19)14(17)9-20-13-6-5-11(3)12(4)7-13/h5-7,10H,8-9H2,1-4H3,(H,18,19). The summed E-state index contributed by atoms with van der Waals surface area (Å²) in [6, 6.07) is 5.40. The van der Waals surface area contributed by atoms with Crippen LogP contribution >= 0.6 is 0 Å². The Hall–Kier alpha value is -2.04. The molecule has 20 heavy (non-hydrogen) atoms. The van der Waals surface area contributed by atoms with E-state index in [1.54, 1.807) is 19.9 Å². The highest BCUT2D eigenvalue weighted by molar-refractivity contribution is 5.82. The van der Waals surface area contributed by atoms with Crippen molar-refractivity contribution in [2.45, 2.75) is 33.7 Å². The monoisotopic (exact) mass is 279 g/mol. The number of hydrogen-bond donors (Lipinski definition) is 1. The molecular weight excluding hydrogens is 258 g/mol. The summed E-state index contributed by atoms with van der Waals surface area (Å²) in [6.45, 7) is 7.04. The molecule has 0 heterocycles. The first-order valence-corrected chi connectivity index (χ1v) is 6.52. The Labute approximate surface area is 119 Å². The zero-order valence-electron chi connectivity index (χ0n) is 12.3. The summed E-state index contributed by atoms with van der Waals surface area (Å²) in [5.41, 5.74) is 2.24. The highest BCUT2D eigenvalue weighted by atomic mass is 16.5. The smallest absolute Gasteiger partial charge is 0.323 e. The molecule has 1 aromatic carbocycles. The number of hydrogen-bond acceptors (Lipinski definition) is 3. The van der Waals surface area contributed by atoms with Gasteiger partial charge in [-0.3, -0.25) is 9.59 Å². The molecule has 0 bridgehead atoms. The minimum absolute atomic E-state index is 0.159. The average Bonchev–Trinajstić information content (AvgIpc) is 2.36. The second-order valence-corrected chi connectivity index (χ2v) is 5.04. The fraction of sp³-hybridized carbons (Fsp3) is 0.467. The lowest BCUT2D eigenvalue weighted by Crippen LogP contribution is -2.43. The van der Waals surface area contributed by atoms with Crippen LogP contribution in [-0.4, -0.2) is 41.1 Å². The summed E-state index contributed by atoms with van der Waals surface area (Å²) >= 11 is 0. The molecule has 1 N–H and O–H groups in total. The maximum Gasteiger partial charge on any atom is 0.323 e. The highest BCUT2D eigenvalue weighted by Crippen LogP contribution is 2.16. The van der Waals surface area contributed by atoms with E-state index in [1.165, 1.54) is 4.90 Å². The molecule has 5 heteroatoms. The summed E-state index contributed by atoms with van der Waals surface area (Å²) in [5, 5.41) is 8.80. The molecule has 110 valence electrons. The number of ether oxygens (including phenoxy) is 1. The number of carbonyl (C=O) groups excluding carboxylic acids is 1. The number of carboxylic acid groups (broad SMARTS) is 1. The van der Waals surface area contributed by atoms with Crippen molar-refractivity contribution in [3.63, 3.8) is 0 Å². The number of amides is 1. The van der Waals surface area contributed by atoms with Crippen molar-refractivity contribution in [1.82, 2.24) is 4.90 Å². The largest absolute Gasteiger partial charge is 0.484 e. The minimum Gasteiger partial charge on any atom is -0.484 e. The summed E-state index contributed by atoms with van der Waals surface area (Å²) in [5.74, 6) is -0.751. The van der Waals surface area contributed by atoms with Gasteiger partial charge >= 0.3 is 5.97 Å².